The molecule has 1 aliphatic rings. The summed E-state index contributed by atoms with van der Waals surface area (Å²) in [5, 5.41) is 3.78. The second kappa shape index (κ2) is 9.44. The van der Waals surface area contributed by atoms with Gasteiger partial charge in [-0.05, 0) is 59.7 Å². The minimum absolute atomic E-state index is 0.0714. The molecule has 1 saturated carbocycles. The third kappa shape index (κ3) is 5.31. The fourth-order valence-corrected chi connectivity index (χ4v) is 5.25. The van der Waals surface area contributed by atoms with E-state index in [2.05, 4.69) is 5.32 Å². The Kier molecular flexibility index (Phi) is 6.95. The third-order valence-corrected chi connectivity index (χ3v) is 7.11. The fraction of sp³-hybridized carbons (Fsp3) is 0.167. The number of anilines is 1. The van der Waals surface area contributed by atoms with Crippen LogP contribution >= 0.6 is 58.0 Å². The van der Waals surface area contributed by atoms with Gasteiger partial charge in [-0.25, -0.2) is 4.39 Å². The van der Waals surface area contributed by atoms with Gasteiger partial charge >= 0.3 is 0 Å². The van der Waals surface area contributed by atoms with E-state index in [1.807, 2.05) is 0 Å². The van der Waals surface area contributed by atoms with Gasteiger partial charge < -0.3 is 5.32 Å². The molecule has 3 aromatic carbocycles. The van der Waals surface area contributed by atoms with Crippen LogP contribution in [0.2, 0.25) is 15.1 Å². The van der Waals surface area contributed by atoms with Crippen molar-refractivity contribution in [1.29, 1.82) is 0 Å². The summed E-state index contributed by atoms with van der Waals surface area (Å²) < 4.78 is 11.7. The van der Waals surface area contributed by atoms with Crippen molar-refractivity contribution in [3.63, 3.8) is 0 Å². The molecule has 1 amide bonds. The first-order valence-corrected chi connectivity index (χ1v) is 11.7. The van der Waals surface area contributed by atoms with Crippen LogP contribution in [0.4, 0.5) is 10.1 Å². The SMILES string of the molecule is O=C(Cc1ccc(F)cc1)c1ccc(Cl)c(NC(=O)C2C(c3cc(Cl)cc(Cl)c3)C2(Cl)Cl)c1. The number of amides is 1. The van der Waals surface area contributed by atoms with Crippen LogP contribution in [0.5, 0.6) is 0 Å². The maximum atomic E-state index is 13.1. The van der Waals surface area contributed by atoms with Gasteiger partial charge in [-0.2, -0.15) is 0 Å². The predicted molar refractivity (Wildman–Crippen MR) is 132 cm³/mol. The molecule has 3 aromatic rings. The number of ketones is 1. The highest BCUT2D eigenvalue weighted by molar-refractivity contribution is 6.53. The van der Waals surface area contributed by atoms with Gasteiger partial charge in [0, 0.05) is 27.9 Å². The zero-order chi connectivity index (χ0) is 23.9. The van der Waals surface area contributed by atoms with Crippen LogP contribution in [-0.4, -0.2) is 16.0 Å². The van der Waals surface area contributed by atoms with E-state index in [0.29, 0.717) is 26.7 Å². The summed E-state index contributed by atoms with van der Waals surface area (Å²) in [7, 11) is 0. The number of hydrogen-bond donors (Lipinski definition) is 1. The topological polar surface area (TPSA) is 46.2 Å². The maximum Gasteiger partial charge on any atom is 0.231 e. The van der Waals surface area contributed by atoms with Gasteiger partial charge in [0.05, 0.1) is 16.6 Å². The van der Waals surface area contributed by atoms with Gasteiger partial charge in [0.2, 0.25) is 5.91 Å². The lowest BCUT2D eigenvalue weighted by atomic mass is 10.0. The molecule has 0 heterocycles. The highest BCUT2D eigenvalue weighted by Gasteiger charge is 2.67. The first kappa shape index (κ1) is 24.3. The fourth-order valence-electron chi connectivity index (χ4n) is 3.72. The summed E-state index contributed by atoms with van der Waals surface area (Å²) in [5.74, 6) is -2.33. The van der Waals surface area contributed by atoms with E-state index in [1.165, 1.54) is 24.3 Å². The summed E-state index contributed by atoms with van der Waals surface area (Å²) in [5.41, 5.74) is 1.91. The molecule has 170 valence electrons. The van der Waals surface area contributed by atoms with E-state index in [-0.39, 0.29) is 28.7 Å². The van der Waals surface area contributed by atoms with Gasteiger partial charge in [-0.3, -0.25) is 9.59 Å². The number of benzene rings is 3. The van der Waals surface area contributed by atoms with Crippen LogP contribution in [0.3, 0.4) is 0 Å². The number of alkyl halides is 2. The Morgan fingerprint density at radius 2 is 1.55 bits per heavy atom. The molecule has 0 spiro atoms. The monoisotopic (exact) mass is 543 g/mol. The zero-order valence-corrected chi connectivity index (χ0v) is 20.5. The van der Waals surface area contributed by atoms with Crippen molar-refractivity contribution in [2.45, 2.75) is 16.7 Å². The lowest BCUT2D eigenvalue weighted by Gasteiger charge is -2.10. The molecule has 33 heavy (non-hydrogen) atoms. The van der Waals surface area contributed by atoms with Gasteiger partial charge in [0.15, 0.2) is 5.78 Å². The quantitative estimate of drug-likeness (QED) is 0.254. The Bertz CT molecular complexity index is 1230. The molecule has 9 heteroatoms. The molecular weight excluding hydrogens is 531 g/mol. The summed E-state index contributed by atoms with van der Waals surface area (Å²) in [6.45, 7) is 0. The third-order valence-electron chi connectivity index (χ3n) is 5.40. The molecule has 1 aliphatic carbocycles. The summed E-state index contributed by atoms with van der Waals surface area (Å²) >= 11 is 31.2. The molecule has 0 bridgehead atoms. The summed E-state index contributed by atoms with van der Waals surface area (Å²) in [6.07, 6.45) is 0.0714. The van der Waals surface area contributed by atoms with Crippen LogP contribution in [0.25, 0.3) is 0 Å². The Morgan fingerprint density at radius 1 is 0.909 bits per heavy atom. The summed E-state index contributed by atoms with van der Waals surface area (Å²) in [4.78, 5) is 25.7. The zero-order valence-electron chi connectivity index (χ0n) is 16.7. The van der Waals surface area contributed by atoms with Crippen molar-refractivity contribution in [3.8, 4) is 0 Å². The largest absolute Gasteiger partial charge is 0.324 e. The number of hydrogen-bond acceptors (Lipinski definition) is 2. The van der Waals surface area contributed by atoms with Crippen molar-refractivity contribution in [2.24, 2.45) is 5.92 Å². The van der Waals surface area contributed by atoms with Crippen molar-refractivity contribution >= 4 is 75.4 Å². The smallest absolute Gasteiger partial charge is 0.231 e. The molecule has 1 fully saturated rings. The number of halogens is 6. The molecule has 2 atom stereocenters. The Labute approximate surface area is 214 Å². The van der Waals surface area contributed by atoms with Gasteiger partial charge in [0.25, 0.3) is 0 Å². The lowest BCUT2D eigenvalue weighted by molar-refractivity contribution is -0.117. The number of carbonyl (C=O) groups excluding carboxylic acids is 2. The average Bonchev–Trinajstić information content (AvgIpc) is 3.32. The van der Waals surface area contributed by atoms with Crippen LogP contribution in [-0.2, 0) is 11.2 Å². The Balaban J connectivity index is 1.51. The van der Waals surface area contributed by atoms with E-state index in [1.54, 1.807) is 36.4 Å². The number of Topliss-reactive ketones (excluding diaryl/α,β-unsaturated/α-hetero) is 1. The predicted octanol–water partition coefficient (Wildman–Crippen LogP) is 7.74. The first-order valence-electron chi connectivity index (χ1n) is 9.78. The van der Waals surface area contributed by atoms with E-state index < -0.39 is 22.1 Å². The second-order valence-corrected chi connectivity index (χ2v) is 10.5. The Morgan fingerprint density at radius 3 is 2.18 bits per heavy atom. The molecule has 3 nitrogen and oxygen atoms in total. The second-order valence-electron chi connectivity index (χ2n) is 7.74. The number of carbonyl (C=O) groups is 2. The van der Waals surface area contributed by atoms with Crippen molar-refractivity contribution in [2.75, 3.05) is 5.32 Å². The van der Waals surface area contributed by atoms with E-state index in [4.69, 9.17) is 58.0 Å². The van der Waals surface area contributed by atoms with Crippen LogP contribution < -0.4 is 5.32 Å². The van der Waals surface area contributed by atoms with Crippen LogP contribution in [0.15, 0.2) is 60.7 Å². The normalized spacial score (nSPS) is 18.6. The molecule has 0 aliphatic heterocycles. The van der Waals surface area contributed by atoms with E-state index >= 15 is 0 Å². The average molecular weight is 546 g/mol. The summed E-state index contributed by atoms with van der Waals surface area (Å²) in [6, 6.07) is 15.1. The first-order chi connectivity index (χ1) is 15.6. The van der Waals surface area contributed by atoms with Gasteiger partial charge in [-0.1, -0.05) is 46.9 Å². The van der Waals surface area contributed by atoms with Gasteiger partial charge in [0.1, 0.15) is 10.2 Å². The molecule has 0 aromatic heterocycles. The van der Waals surface area contributed by atoms with Crippen LogP contribution in [0, 0.1) is 11.7 Å². The van der Waals surface area contributed by atoms with Crippen molar-refractivity contribution < 1.29 is 14.0 Å². The van der Waals surface area contributed by atoms with Gasteiger partial charge in [-0.15, -0.1) is 23.2 Å². The molecule has 4 rings (SSSR count). The molecule has 0 saturated heterocycles. The molecule has 2 unspecified atom stereocenters. The van der Waals surface area contributed by atoms with E-state index in [9.17, 15) is 14.0 Å². The standard InChI is InChI=1S/C24H15Cl5FNO2/c25-15-8-14(9-16(26)11-15)21-22(24(21,28)29)23(33)31-19-10-13(3-6-18(19)27)20(32)7-12-1-4-17(30)5-2-12/h1-6,8-11,21-22H,7H2,(H,31,33). The van der Waals surface area contributed by atoms with Crippen molar-refractivity contribution in [3.05, 3.63) is 98.2 Å². The van der Waals surface area contributed by atoms with Crippen molar-refractivity contribution in [1.82, 2.24) is 0 Å². The number of nitrogens with one attached hydrogen (secondary N) is 1. The van der Waals surface area contributed by atoms with Crippen LogP contribution in [0.1, 0.15) is 27.4 Å². The highest BCUT2D eigenvalue weighted by Crippen LogP contribution is 2.65. The molecule has 1 N–H and O–H groups in total. The minimum Gasteiger partial charge on any atom is -0.324 e. The molecular formula is C24H15Cl5FNO2. The highest BCUT2D eigenvalue weighted by atomic mass is 35.5. The maximum absolute atomic E-state index is 13.1. The Hall–Kier alpha value is -1.82. The minimum atomic E-state index is -1.35. The number of rotatable bonds is 6. The lowest BCUT2D eigenvalue weighted by Crippen LogP contribution is -2.18. The van der Waals surface area contributed by atoms with E-state index in [0.717, 1.165) is 0 Å². The molecule has 0 radical (unpaired) electrons.